The minimum absolute atomic E-state index is 0.258. The molecule has 2 atom stereocenters. The summed E-state index contributed by atoms with van der Waals surface area (Å²) in [5, 5.41) is 19.9. The molecule has 1 aliphatic rings. The molecule has 2 rings (SSSR count). The van der Waals surface area contributed by atoms with Crippen LogP contribution in [0.25, 0.3) is 0 Å². The molecule has 1 aliphatic heterocycles. The summed E-state index contributed by atoms with van der Waals surface area (Å²) in [6.07, 6.45) is -0.678. The zero-order valence-electron chi connectivity index (χ0n) is 11.1. The van der Waals surface area contributed by atoms with Gasteiger partial charge in [0.15, 0.2) is 5.90 Å². The molecule has 1 aromatic rings. The molecule has 0 fully saturated rings. The number of aliphatic hydroxyl groups is 1. The molecule has 1 N–H and O–H groups in total. The minimum atomic E-state index is -0.703. The van der Waals surface area contributed by atoms with Crippen LogP contribution in [0.2, 0.25) is 0 Å². The lowest BCUT2D eigenvalue weighted by atomic mass is 10.0. The zero-order chi connectivity index (χ0) is 14.2. The van der Waals surface area contributed by atoms with Gasteiger partial charge in [-0.25, -0.2) is 4.99 Å². The highest BCUT2D eigenvalue weighted by Gasteiger charge is 2.30. The number of rotatable bonds is 3. The molecule has 0 radical (unpaired) electrons. The Morgan fingerprint density at radius 3 is 3.06 bits per heavy atom. The Kier molecular flexibility index (Phi) is 2.42. The second-order valence-corrected chi connectivity index (χ2v) is 3.62. The summed E-state index contributed by atoms with van der Waals surface area (Å²) >= 11 is 0. The van der Waals surface area contributed by atoms with Crippen LogP contribution < -0.4 is 0 Å². The standard InChI is InChI=1S/C11H12N2O4/c1-7-12-10(6-14)11(17-7)8-2-4-9(5-3-8)13(15)16/h2-5,10-11,14H,6H2,1H3/t10-,11-/m0/s1/i2D,4D. The summed E-state index contributed by atoms with van der Waals surface area (Å²) < 4.78 is 20.8. The summed E-state index contributed by atoms with van der Waals surface area (Å²) in [4.78, 5) is 14.0. The Labute approximate surface area is 101 Å². The smallest absolute Gasteiger partial charge is 0.269 e. The largest absolute Gasteiger partial charge is 0.471 e. The average molecular weight is 238 g/mol. The van der Waals surface area contributed by atoms with Crippen LogP contribution in [0.3, 0.4) is 0 Å². The Hall–Kier alpha value is -1.95. The highest BCUT2D eigenvalue weighted by Crippen LogP contribution is 2.29. The van der Waals surface area contributed by atoms with E-state index in [1.54, 1.807) is 6.92 Å². The summed E-state index contributed by atoms with van der Waals surface area (Å²) in [5.41, 5.74) is -0.111. The van der Waals surface area contributed by atoms with Gasteiger partial charge in [0.2, 0.25) is 0 Å². The van der Waals surface area contributed by atoms with Crippen LogP contribution in [0.5, 0.6) is 0 Å². The molecular formula is C11H12N2O4. The molecule has 0 aromatic heterocycles. The van der Waals surface area contributed by atoms with Crippen LogP contribution in [0, 0.1) is 10.1 Å². The van der Waals surface area contributed by atoms with Gasteiger partial charge in [-0.05, 0) is 17.7 Å². The van der Waals surface area contributed by atoms with Gasteiger partial charge >= 0.3 is 0 Å². The molecule has 1 heterocycles. The van der Waals surface area contributed by atoms with E-state index in [0.29, 0.717) is 11.5 Å². The predicted molar refractivity (Wildman–Crippen MR) is 60.9 cm³/mol. The number of aliphatic hydroxyl groups excluding tert-OH is 1. The van der Waals surface area contributed by atoms with Crippen molar-refractivity contribution in [1.82, 2.24) is 0 Å². The molecule has 0 saturated carbocycles. The third kappa shape index (κ3) is 2.26. The topological polar surface area (TPSA) is 85.0 Å². The quantitative estimate of drug-likeness (QED) is 0.637. The maximum atomic E-state index is 10.7. The van der Waals surface area contributed by atoms with Gasteiger partial charge in [-0.15, -0.1) is 0 Å². The van der Waals surface area contributed by atoms with Gasteiger partial charge in [-0.3, -0.25) is 10.1 Å². The van der Waals surface area contributed by atoms with Crippen molar-refractivity contribution >= 4 is 11.6 Å². The second-order valence-electron chi connectivity index (χ2n) is 3.62. The van der Waals surface area contributed by atoms with Crippen molar-refractivity contribution in [1.29, 1.82) is 0 Å². The van der Waals surface area contributed by atoms with E-state index in [2.05, 4.69) is 4.99 Å². The first kappa shape index (κ1) is 9.12. The lowest BCUT2D eigenvalue weighted by Crippen LogP contribution is -2.17. The van der Waals surface area contributed by atoms with E-state index in [1.807, 2.05) is 0 Å². The fourth-order valence-electron chi connectivity index (χ4n) is 1.66. The van der Waals surface area contributed by atoms with Gasteiger partial charge in [0, 0.05) is 19.0 Å². The van der Waals surface area contributed by atoms with Gasteiger partial charge in [-0.1, -0.05) is 0 Å². The third-order valence-electron chi connectivity index (χ3n) is 2.44. The Balaban J connectivity index is 2.42. The molecule has 0 amide bonds. The molecule has 0 unspecified atom stereocenters. The van der Waals surface area contributed by atoms with Crippen molar-refractivity contribution < 1.29 is 17.5 Å². The Morgan fingerprint density at radius 2 is 2.41 bits per heavy atom. The number of nitro benzene ring substituents is 1. The fourth-order valence-corrected chi connectivity index (χ4v) is 1.66. The summed E-state index contributed by atoms with van der Waals surface area (Å²) in [5.74, 6) is 0.383. The highest BCUT2D eigenvalue weighted by molar-refractivity contribution is 5.75. The minimum Gasteiger partial charge on any atom is -0.471 e. The summed E-state index contributed by atoms with van der Waals surface area (Å²) in [6.45, 7) is 1.37. The summed E-state index contributed by atoms with van der Waals surface area (Å²) in [7, 11) is 0. The summed E-state index contributed by atoms with van der Waals surface area (Å²) in [6, 6.07) is 1.25. The van der Waals surface area contributed by atoms with E-state index < -0.39 is 28.8 Å². The van der Waals surface area contributed by atoms with Crippen LogP contribution in [-0.2, 0) is 4.74 Å². The number of nitro groups is 1. The monoisotopic (exact) mass is 238 g/mol. The van der Waals surface area contributed by atoms with Crippen LogP contribution in [0.15, 0.2) is 29.2 Å². The molecule has 90 valence electrons. The number of hydrogen-bond acceptors (Lipinski definition) is 5. The number of nitrogens with zero attached hydrogens (tertiary/aromatic N) is 2. The molecule has 6 heteroatoms. The normalized spacial score (nSPS) is 24.7. The number of aliphatic imine (C=N–C) groups is 1. The molecule has 0 saturated heterocycles. The van der Waals surface area contributed by atoms with Crippen molar-refractivity contribution in [3.8, 4) is 0 Å². The number of hydrogen-bond donors (Lipinski definition) is 1. The first-order valence-corrected chi connectivity index (χ1v) is 5.02. The average Bonchev–Trinajstić information content (AvgIpc) is 2.73. The zero-order valence-corrected chi connectivity index (χ0v) is 9.08. The van der Waals surface area contributed by atoms with Crippen molar-refractivity contribution in [3.63, 3.8) is 0 Å². The molecule has 0 spiro atoms. The van der Waals surface area contributed by atoms with Crippen molar-refractivity contribution in [2.45, 2.75) is 19.1 Å². The highest BCUT2D eigenvalue weighted by atomic mass is 16.6. The van der Waals surface area contributed by atoms with Crippen LogP contribution in [-0.4, -0.2) is 28.6 Å². The molecule has 6 nitrogen and oxygen atoms in total. The van der Waals surface area contributed by atoms with E-state index in [9.17, 15) is 15.2 Å². The van der Waals surface area contributed by atoms with E-state index in [0.717, 1.165) is 0 Å². The van der Waals surface area contributed by atoms with Crippen LogP contribution in [0.1, 0.15) is 21.3 Å². The van der Waals surface area contributed by atoms with E-state index in [4.69, 9.17) is 7.48 Å². The molecule has 17 heavy (non-hydrogen) atoms. The van der Waals surface area contributed by atoms with Gasteiger partial charge < -0.3 is 9.84 Å². The van der Waals surface area contributed by atoms with Gasteiger partial charge in [-0.2, -0.15) is 0 Å². The number of ether oxygens (including phenoxy) is 1. The second kappa shape index (κ2) is 4.50. The van der Waals surface area contributed by atoms with Crippen LogP contribution in [0.4, 0.5) is 5.69 Å². The first-order chi connectivity index (χ1) is 8.95. The maximum Gasteiger partial charge on any atom is 0.269 e. The lowest BCUT2D eigenvalue weighted by molar-refractivity contribution is -0.384. The predicted octanol–water partition coefficient (Wildman–Crippen LogP) is 1.45. The van der Waals surface area contributed by atoms with Crippen molar-refractivity contribution in [2.75, 3.05) is 6.61 Å². The molecule has 0 bridgehead atoms. The van der Waals surface area contributed by atoms with Crippen molar-refractivity contribution in [2.24, 2.45) is 4.99 Å². The first-order valence-electron chi connectivity index (χ1n) is 6.02. The third-order valence-corrected chi connectivity index (χ3v) is 2.44. The maximum absolute atomic E-state index is 10.7. The lowest BCUT2D eigenvalue weighted by Gasteiger charge is -2.15. The molecular weight excluding hydrogens is 224 g/mol. The van der Waals surface area contributed by atoms with E-state index in [-0.39, 0.29) is 12.6 Å². The van der Waals surface area contributed by atoms with E-state index >= 15 is 0 Å². The van der Waals surface area contributed by atoms with E-state index in [1.165, 1.54) is 12.1 Å². The fraction of sp³-hybridized carbons (Fsp3) is 0.364. The van der Waals surface area contributed by atoms with Gasteiger partial charge in [0.1, 0.15) is 12.1 Å². The van der Waals surface area contributed by atoms with Crippen molar-refractivity contribution in [3.05, 3.63) is 39.9 Å². The molecule has 0 aliphatic carbocycles. The number of benzene rings is 1. The Morgan fingerprint density at radius 1 is 1.65 bits per heavy atom. The SMILES string of the molecule is [2H]c1c([C@@H]2OC(C)=N[C@H]2CO)ccc([N+](=O)[O-])c1[2H]. The van der Waals surface area contributed by atoms with Crippen LogP contribution >= 0.6 is 0 Å². The van der Waals surface area contributed by atoms with Gasteiger partial charge in [0.05, 0.1) is 14.3 Å². The Bertz CT molecular complexity index is 562. The molecule has 1 aromatic carbocycles. The van der Waals surface area contributed by atoms with Gasteiger partial charge in [0.25, 0.3) is 5.69 Å².